The molecular weight excluding hydrogens is 427 g/mol. The third kappa shape index (κ3) is 3.00. The predicted octanol–water partition coefficient (Wildman–Crippen LogP) is 2.77. The number of hydrogen-bond acceptors (Lipinski definition) is 3. The fourth-order valence-corrected chi connectivity index (χ4v) is 1.59. The minimum absolute atomic E-state index is 0.185. The van der Waals surface area contributed by atoms with Crippen molar-refractivity contribution in [2.45, 2.75) is 6.36 Å². The average Bonchev–Trinajstić information content (AvgIpc) is 2.04. The Balaban J connectivity index is 3.06. The normalized spacial score (nSPS) is 11.5. The fourth-order valence-electron chi connectivity index (χ4n) is 0.658. The van der Waals surface area contributed by atoms with E-state index in [0.29, 0.717) is 7.14 Å². The molecule has 0 saturated carbocycles. The van der Waals surface area contributed by atoms with Gasteiger partial charge in [0.1, 0.15) is 5.82 Å². The first-order valence-corrected chi connectivity index (χ1v) is 5.32. The fraction of sp³-hybridized carbons (Fsp3) is 0.167. The minimum atomic E-state index is -4.71. The summed E-state index contributed by atoms with van der Waals surface area (Å²) in [5, 5.41) is 0. The maximum Gasteiger partial charge on any atom is 0.573 e. The number of aromatic nitrogens is 1. The molecule has 0 unspecified atom stereocenters. The lowest BCUT2D eigenvalue weighted by Crippen LogP contribution is -2.18. The van der Waals surface area contributed by atoms with Crippen LogP contribution in [0.4, 0.5) is 19.0 Å². The Morgan fingerprint density at radius 2 is 1.86 bits per heavy atom. The molecule has 1 heterocycles. The van der Waals surface area contributed by atoms with Gasteiger partial charge in [0.25, 0.3) is 0 Å². The van der Waals surface area contributed by atoms with E-state index in [0.717, 1.165) is 6.20 Å². The van der Waals surface area contributed by atoms with E-state index in [1.54, 1.807) is 45.2 Å². The molecule has 78 valence electrons. The Bertz CT molecular complexity index is 356. The number of ether oxygens (including phenoxy) is 1. The highest BCUT2D eigenvalue weighted by atomic mass is 127. The molecule has 0 aliphatic carbocycles. The molecule has 14 heavy (non-hydrogen) atoms. The van der Waals surface area contributed by atoms with E-state index < -0.39 is 6.36 Å². The Morgan fingerprint density at radius 1 is 1.29 bits per heavy atom. The number of nitrogens with zero attached hydrogens (tertiary/aromatic N) is 1. The topological polar surface area (TPSA) is 48.1 Å². The summed E-state index contributed by atoms with van der Waals surface area (Å²) in [5.41, 5.74) is 5.39. The summed E-state index contributed by atoms with van der Waals surface area (Å²) in [4.78, 5) is 3.56. The highest BCUT2D eigenvalue weighted by Gasteiger charge is 2.32. The predicted molar refractivity (Wildman–Crippen MR) is 60.8 cm³/mol. The van der Waals surface area contributed by atoms with Gasteiger partial charge in [-0.25, -0.2) is 4.98 Å². The molecule has 1 aromatic heterocycles. The second kappa shape index (κ2) is 4.24. The summed E-state index contributed by atoms with van der Waals surface area (Å²) in [6, 6.07) is 0. The highest BCUT2D eigenvalue weighted by Crippen LogP contribution is 2.31. The lowest BCUT2D eigenvalue weighted by molar-refractivity contribution is -0.275. The van der Waals surface area contributed by atoms with Gasteiger partial charge in [0.2, 0.25) is 0 Å². The summed E-state index contributed by atoms with van der Waals surface area (Å²) in [5.74, 6) is -0.152. The molecule has 0 bridgehead atoms. The van der Waals surface area contributed by atoms with E-state index in [4.69, 9.17) is 5.73 Å². The molecule has 0 aliphatic rings. The van der Waals surface area contributed by atoms with Crippen LogP contribution in [0.2, 0.25) is 0 Å². The second-order valence-electron chi connectivity index (χ2n) is 2.18. The van der Waals surface area contributed by atoms with Crippen LogP contribution in [0.5, 0.6) is 5.75 Å². The Labute approximate surface area is 104 Å². The van der Waals surface area contributed by atoms with Gasteiger partial charge in [-0.3, -0.25) is 0 Å². The van der Waals surface area contributed by atoms with Gasteiger partial charge in [-0.2, -0.15) is 0 Å². The number of alkyl halides is 3. The molecule has 0 saturated heterocycles. The van der Waals surface area contributed by atoms with Crippen LogP contribution in [-0.2, 0) is 0 Å². The van der Waals surface area contributed by atoms with Gasteiger partial charge in [0, 0.05) is 0 Å². The molecule has 1 aromatic rings. The molecule has 0 radical (unpaired) electrons. The molecule has 0 amide bonds. The van der Waals surface area contributed by atoms with Crippen molar-refractivity contribution < 1.29 is 17.9 Å². The largest absolute Gasteiger partial charge is 0.573 e. The molecular formula is C6H3F3I2N2O. The van der Waals surface area contributed by atoms with Crippen molar-refractivity contribution in [1.82, 2.24) is 4.98 Å². The van der Waals surface area contributed by atoms with Crippen LogP contribution in [-0.4, -0.2) is 11.3 Å². The zero-order valence-electron chi connectivity index (χ0n) is 6.40. The number of halogens is 5. The van der Waals surface area contributed by atoms with Crippen molar-refractivity contribution in [2.24, 2.45) is 0 Å². The number of nitrogen functional groups attached to an aromatic ring is 1. The van der Waals surface area contributed by atoms with Crippen molar-refractivity contribution in [3.63, 3.8) is 0 Å². The molecule has 1 rings (SSSR count). The zero-order valence-corrected chi connectivity index (χ0v) is 10.7. The van der Waals surface area contributed by atoms with Gasteiger partial charge >= 0.3 is 6.36 Å². The number of hydrogen-bond donors (Lipinski definition) is 1. The van der Waals surface area contributed by atoms with Crippen molar-refractivity contribution in [3.05, 3.63) is 13.3 Å². The molecule has 0 fully saturated rings. The summed E-state index contributed by atoms with van der Waals surface area (Å²) < 4.78 is 40.1. The molecule has 0 aliphatic heterocycles. The maximum absolute atomic E-state index is 11.9. The third-order valence-corrected chi connectivity index (χ3v) is 4.38. The van der Waals surface area contributed by atoms with Gasteiger partial charge in [-0.1, -0.05) is 0 Å². The van der Waals surface area contributed by atoms with Crippen LogP contribution < -0.4 is 10.5 Å². The van der Waals surface area contributed by atoms with Crippen LogP contribution in [0.25, 0.3) is 0 Å². The first-order chi connectivity index (χ1) is 6.31. The summed E-state index contributed by atoms with van der Waals surface area (Å²) in [6.45, 7) is 0. The lowest BCUT2D eigenvalue weighted by Gasteiger charge is -2.11. The second-order valence-corrected chi connectivity index (χ2v) is 4.34. The number of pyridine rings is 1. The molecule has 0 spiro atoms. The highest BCUT2D eigenvalue weighted by molar-refractivity contribution is 14.1. The number of anilines is 1. The van der Waals surface area contributed by atoms with E-state index in [9.17, 15) is 13.2 Å². The molecule has 0 atom stereocenters. The van der Waals surface area contributed by atoms with Crippen molar-refractivity contribution >= 4 is 51.0 Å². The van der Waals surface area contributed by atoms with Gasteiger partial charge in [-0.05, 0) is 45.2 Å². The van der Waals surface area contributed by atoms with Crippen LogP contribution >= 0.6 is 45.2 Å². The van der Waals surface area contributed by atoms with Crippen molar-refractivity contribution in [1.29, 1.82) is 0 Å². The molecule has 2 N–H and O–H groups in total. The first kappa shape index (κ1) is 12.1. The lowest BCUT2D eigenvalue weighted by atomic mass is 10.4. The molecule has 3 nitrogen and oxygen atoms in total. The van der Waals surface area contributed by atoms with Crippen LogP contribution in [0, 0.1) is 7.14 Å². The van der Waals surface area contributed by atoms with Crippen LogP contribution in [0.3, 0.4) is 0 Å². The average molecular weight is 430 g/mol. The van der Waals surface area contributed by atoms with Gasteiger partial charge in [0.05, 0.1) is 13.3 Å². The van der Waals surface area contributed by atoms with E-state index in [1.165, 1.54) is 0 Å². The third-order valence-electron chi connectivity index (χ3n) is 1.18. The summed E-state index contributed by atoms with van der Waals surface area (Å²) >= 11 is 3.52. The Kier molecular flexibility index (Phi) is 3.66. The van der Waals surface area contributed by atoms with Gasteiger partial charge < -0.3 is 10.5 Å². The van der Waals surface area contributed by atoms with Crippen molar-refractivity contribution in [3.8, 4) is 5.75 Å². The first-order valence-electron chi connectivity index (χ1n) is 3.16. The maximum atomic E-state index is 11.9. The smallest absolute Gasteiger partial charge is 0.403 e. The van der Waals surface area contributed by atoms with E-state index in [2.05, 4.69) is 9.72 Å². The van der Waals surface area contributed by atoms with Gasteiger partial charge in [0.15, 0.2) is 5.75 Å². The van der Waals surface area contributed by atoms with Crippen LogP contribution in [0.1, 0.15) is 0 Å². The standard InChI is InChI=1S/C6H3F3I2N2O/c7-6(8,9)14-2-1-13-5(12)4(11)3(2)10/h1H,(H2,12,13). The Morgan fingerprint density at radius 3 is 2.36 bits per heavy atom. The quantitative estimate of drug-likeness (QED) is 0.698. The number of nitrogens with two attached hydrogens (primary N) is 1. The van der Waals surface area contributed by atoms with E-state index in [-0.39, 0.29) is 11.6 Å². The molecule has 8 heteroatoms. The Hall–Kier alpha value is -0.000000000000000111. The SMILES string of the molecule is Nc1ncc(OC(F)(F)F)c(I)c1I. The van der Waals surface area contributed by atoms with E-state index >= 15 is 0 Å². The van der Waals surface area contributed by atoms with Gasteiger partial charge in [-0.15, -0.1) is 13.2 Å². The summed E-state index contributed by atoms with van der Waals surface area (Å²) in [7, 11) is 0. The van der Waals surface area contributed by atoms with Crippen molar-refractivity contribution in [2.75, 3.05) is 5.73 Å². The minimum Gasteiger partial charge on any atom is -0.403 e. The van der Waals surface area contributed by atoms with E-state index in [1.807, 2.05) is 0 Å². The number of rotatable bonds is 1. The molecule has 0 aromatic carbocycles. The summed E-state index contributed by atoms with van der Waals surface area (Å²) in [6.07, 6.45) is -3.76. The monoisotopic (exact) mass is 430 g/mol. The van der Waals surface area contributed by atoms with Crippen LogP contribution in [0.15, 0.2) is 6.20 Å². The zero-order chi connectivity index (χ0) is 10.9.